The quantitative estimate of drug-likeness (QED) is 0.275. The number of rotatable bonds is 0. The molecule has 0 aromatic rings. The Labute approximate surface area is 76.9 Å². The van der Waals surface area contributed by atoms with Crippen LogP contribution in [0.4, 0.5) is 0 Å². The third kappa shape index (κ3) is 8.85. The van der Waals surface area contributed by atoms with Crippen LogP contribution in [0.3, 0.4) is 0 Å². The first-order valence-electron chi connectivity index (χ1n) is 0. The van der Waals surface area contributed by atoms with Crippen molar-refractivity contribution in [2.24, 2.45) is 0 Å². The van der Waals surface area contributed by atoms with E-state index in [4.69, 9.17) is 0 Å². The van der Waals surface area contributed by atoms with Gasteiger partial charge in [-0.15, -0.1) is 0 Å². The van der Waals surface area contributed by atoms with E-state index in [-0.39, 0.29) is 78.1 Å². The Hall–Kier alpha value is 2.31. The van der Waals surface area contributed by atoms with E-state index in [9.17, 15) is 0 Å². The van der Waals surface area contributed by atoms with E-state index in [0.29, 0.717) is 0 Å². The fraction of sp³-hybridized carbons (Fsp3) is 0. The van der Waals surface area contributed by atoms with E-state index >= 15 is 0 Å². The summed E-state index contributed by atoms with van der Waals surface area (Å²) in [4.78, 5) is 0. The molecule has 0 aliphatic carbocycles. The van der Waals surface area contributed by atoms with Gasteiger partial charge in [-0.1, -0.05) is 0 Å². The molecule has 0 aromatic heterocycles. The van der Waals surface area contributed by atoms with Gasteiger partial charge in [0.15, 0.2) is 0 Å². The topological polar surface area (TPSA) is 31.5 Å². The Morgan fingerprint density at radius 1 is 1.00 bits per heavy atom. The summed E-state index contributed by atoms with van der Waals surface area (Å²) in [6.07, 6.45) is 0. The van der Waals surface area contributed by atoms with Crippen LogP contribution in [0.15, 0.2) is 0 Å². The summed E-state index contributed by atoms with van der Waals surface area (Å²) in [5.41, 5.74) is 0. The molecule has 4 heavy (non-hydrogen) atoms. The van der Waals surface area contributed by atoms with E-state index in [0.717, 1.165) is 0 Å². The van der Waals surface area contributed by atoms with Crippen LogP contribution in [0.25, 0.3) is 0 Å². The van der Waals surface area contributed by atoms with Gasteiger partial charge in [-0.05, 0) is 0 Å². The Balaban J connectivity index is 0. The minimum absolute atomic E-state index is 0. The van der Waals surface area contributed by atoms with Gasteiger partial charge in [0.25, 0.3) is 0 Å². The molecule has 0 aliphatic rings. The molecular formula is H5Na2OS+. The van der Waals surface area contributed by atoms with Gasteiger partial charge in [0.1, 0.15) is 0 Å². The zero-order chi connectivity index (χ0) is 0. The van der Waals surface area contributed by atoms with Crippen LogP contribution >= 0.6 is 13.5 Å². The number of hydrogen-bond acceptors (Lipinski definition) is 0. The van der Waals surface area contributed by atoms with Gasteiger partial charge in [-0.2, -0.15) is 13.5 Å². The summed E-state index contributed by atoms with van der Waals surface area (Å²) in [6, 6.07) is 0. The third-order valence-corrected chi connectivity index (χ3v) is 0. The molecule has 0 unspecified atom stereocenters. The summed E-state index contributed by atoms with van der Waals surface area (Å²) in [7, 11) is 0. The SMILES string of the molecule is O.S.[Na+].[NaH]. The van der Waals surface area contributed by atoms with Crippen molar-refractivity contribution in [3.05, 3.63) is 0 Å². The van der Waals surface area contributed by atoms with Gasteiger partial charge in [-0.3, -0.25) is 0 Å². The average molecular weight is 99.1 g/mol. The second-order valence-corrected chi connectivity index (χ2v) is 0. The first-order valence-corrected chi connectivity index (χ1v) is 0. The maximum absolute atomic E-state index is 0. The van der Waals surface area contributed by atoms with E-state index in [1.807, 2.05) is 0 Å². The van der Waals surface area contributed by atoms with Crippen molar-refractivity contribution in [2.45, 2.75) is 0 Å². The van der Waals surface area contributed by atoms with E-state index in [1.54, 1.807) is 0 Å². The second kappa shape index (κ2) is 18.5. The second-order valence-electron chi connectivity index (χ2n) is 0. The van der Waals surface area contributed by atoms with E-state index in [1.165, 1.54) is 0 Å². The summed E-state index contributed by atoms with van der Waals surface area (Å²) in [5.74, 6) is 0. The fourth-order valence-electron chi connectivity index (χ4n) is 0. The summed E-state index contributed by atoms with van der Waals surface area (Å²) >= 11 is 0. The molecule has 0 heterocycles. The van der Waals surface area contributed by atoms with Gasteiger partial charge in [0.2, 0.25) is 0 Å². The van der Waals surface area contributed by atoms with Crippen molar-refractivity contribution in [3.63, 3.8) is 0 Å². The predicted octanol–water partition coefficient (Wildman–Crippen LogP) is -4.36. The Bertz CT molecular complexity index is 6.00. The van der Waals surface area contributed by atoms with Gasteiger partial charge in [0, 0.05) is 0 Å². The summed E-state index contributed by atoms with van der Waals surface area (Å²) in [5, 5.41) is 0. The molecule has 0 rings (SSSR count). The van der Waals surface area contributed by atoms with Gasteiger partial charge in [-0.25, -0.2) is 0 Å². The van der Waals surface area contributed by atoms with Crippen LogP contribution in [0.1, 0.15) is 0 Å². The zero-order valence-corrected chi connectivity index (χ0v) is 5.00. The van der Waals surface area contributed by atoms with Crippen LogP contribution in [0.2, 0.25) is 0 Å². The Morgan fingerprint density at radius 2 is 1.00 bits per heavy atom. The molecule has 4 heteroatoms. The molecule has 0 aliphatic heterocycles. The number of hydrogen-bond donors (Lipinski definition) is 0. The normalized spacial score (nSPS) is 0. The van der Waals surface area contributed by atoms with Crippen molar-refractivity contribution >= 4 is 43.1 Å². The predicted molar refractivity (Wildman–Crippen MR) is 21.1 cm³/mol. The van der Waals surface area contributed by atoms with Crippen molar-refractivity contribution < 1.29 is 35.0 Å². The molecule has 0 aromatic carbocycles. The molecule has 0 saturated heterocycles. The first kappa shape index (κ1) is 33.3. The summed E-state index contributed by atoms with van der Waals surface area (Å²) < 4.78 is 0. The first-order chi connectivity index (χ1) is 0. The van der Waals surface area contributed by atoms with Gasteiger partial charge >= 0.3 is 59.1 Å². The molecule has 18 valence electrons. The molecule has 0 bridgehead atoms. The van der Waals surface area contributed by atoms with Crippen molar-refractivity contribution in [3.8, 4) is 0 Å². The molecule has 0 fully saturated rings. The molecule has 0 radical (unpaired) electrons. The van der Waals surface area contributed by atoms with E-state index < -0.39 is 0 Å². The van der Waals surface area contributed by atoms with Crippen LogP contribution in [-0.4, -0.2) is 35.0 Å². The van der Waals surface area contributed by atoms with Crippen molar-refractivity contribution in [1.29, 1.82) is 0 Å². The fourth-order valence-corrected chi connectivity index (χ4v) is 0. The maximum atomic E-state index is 0. The van der Waals surface area contributed by atoms with Gasteiger partial charge < -0.3 is 5.48 Å². The molecular weight excluding hydrogens is 94.0 g/mol. The molecule has 0 atom stereocenters. The van der Waals surface area contributed by atoms with Crippen LogP contribution < -0.4 is 29.6 Å². The summed E-state index contributed by atoms with van der Waals surface area (Å²) in [6.45, 7) is 0. The van der Waals surface area contributed by atoms with Crippen molar-refractivity contribution in [1.82, 2.24) is 0 Å². The molecule has 0 amide bonds. The van der Waals surface area contributed by atoms with Crippen LogP contribution in [-0.2, 0) is 0 Å². The van der Waals surface area contributed by atoms with Gasteiger partial charge in [0.05, 0.1) is 0 Å². The molecule has 2 N–H and O–H groups in total. The Kier molecular flexibility index (Phi) is 154. The van der Waals surface area contributed by atoms with Crippen LogP contribution in [0, 0.1) is 0 Å². The molecule has 0 spiro atoms. The van der Waals surface area contributed by atoms with Crippen molar-refractivity contribution in [2.75, 3.05) is 0 Å². The van der Waals surface area contributed by atoms with Crippen LogP contribution in [0.5, 0.6) is 0 Å². The van der Waals surface area contributed by atoms with E-state index in [2.05, 4.69) is 0 Å². The average Bonchev–Trinajstić information content (AvgIpc) is 0. The molecule has 0 saturated carbocycles. The Morgan fingerprint density at radius 3 is 1.00 bits per heavy atom. The zero-order valence-electron chi connectivity index (χ0n) is 2.00. The standard InChI is InChI=1S/2Na.H2O.H2S.H/h;;2*1H2;/q;+1;;;. The minimum atomic E-state index is 0. The third-order valence-electron chi connectivity index (χ3n) is 0. The molecule has 1 nitrogen and oxygen atoms in total. The monoisotopic (exact) mass is 99.0 g/mol.